The maximum atomic E-state index is 11.9. The number of nitrogens with one attached hydrogen (secondary N) is 1. The number of nitrogens with zero attached hydrogens (tertiary/aromatic N) is 2. The van der Waals surface area contributed by atoms with Crippen LogP contribution in [0.3, 0.4) is 0 Å². The molecule has 2 atom stereocenters. The van der Waals surface area contributed by atoms with Crippen LogP contribution in [0.15, 0.2) is 0 Å². The zero-order chi connectivity index (χ0) is 11.7. The maximum absolute atomic E-state index is 11.9. The quantitative estimate of drug-likeness (QED) is 0.656. The van der Waals surface area contributed by atoms with E-state index in [0.29, 0.717) is 6.04 Å². The Morgan fingerprint density at radius 3 is 2.76 bits per heavy atom. The number of piperazine rings is 1. The molecule has 3 fully saturated rings. The molecule has 17 heavy (non-hydrogen) atoms. The summed E-state index contributed by atoms with van der Waals surface area (Å²) in [6, 6.07) is 0.689. The van der Waals surface area contributed by atoms with Crippen LogP contribution in [0, 0.1) is 0 Å². The van der Waals surface area contributed by atoms with Crippen molar-refractivity contribution in [3.8, 4) is 0 Å². The highest BCUT2D eigenvalue weighted by Crippen LogP contribution is 2.23. The average Bonchev–Trinajstić information content (AvgIpc) is 2.40. The summed E-state index contributed by atoms with van der Waals surface area (Å²) in [6.07, 6.45) is 2.19. The molecule has 0 bridgehead atoms. The minimum atomic E-state index is 0.116. The first kappa shape index (κ1) is 11.4. The van der Waals surface area contributed by atoms with Gasteiger partial charge in [0.05, 0.1) is 19.3 Å². The Balaban J connectivity index is 1.63. The van der Waals surface area contributed by atoms with Crippen LogP contribution in [0.1, 0.15) is 12.8 Å². The minimum Gasteiger partial charge on any atom is -0.379 e. The summed E-state index contributed by atoms with van der Waals surface area (Å²) in [6.45, 7) is 6.65. The molecule has 0 saturated carbocycles. The average molecular weight is 239 g/mol. The molecule has 0 spiro atoms. The van der Waals surface area contributed by atoms with E-state index in [2.05, 4.69) is 15.1 Å². The SMILES string of the molecule is O=C1NCCN2CCC(N3CCOCC3)CC12. The molecule has 0 radical (unpaired) electrons. The lowest BCUT2D eigenvalue weighted by atomic mass is 9.93. The van der Waals surface area contributed by atoms with Crippen molar-refractivity contribution >= 4 is 5.91 Å². The van der Waals surface area contributed by atoms with Crippen LogP contribution in [0.4, 0.5) is 0 Å². The van der Waals surface area contributed by atoms with Crippen LogP contribution in [0.2, 0.25) is 0 Å². The summed E-state index contributed by atoms with van der Waals surface area (Å²) >= 11 is 0. The van der Waals surface area contributed by atoms with Crippen LogP contribution >= 0.6 is 0 Å². The van der Waals surface area contributed by atoms with E-state index in [1.807, 2.05) is 0 Å². The second kappa shape index (κ2) is 4.92. The van der Waals surface area contributed by atoms with Gasteiger partial charge in [-0.15, -0.1) is 0 Å². The van der Waals surface area contributed by atoms with E-state index in [-0.39, 0.29) is 11.9 Å². The van der Waals surface area contributed by atoms with Crippen LogP contribution in [0.25, 0.3) is 0 Å². The molecule has 0 aromatic heterocycles. The van der Waals surface area contributed by atoms with Gasteiger partial charge in [0.2, 0.25) is 5.91 Å². The smallest absolute Gasteiger partial charge is 0.237 e. The van der Waals surface area contributed by atoms with Crippen LogP contribution in [-0.2, 0) is 9.53 Å². The van der Waals surface area contributed by atoms with Gasteiger partial charge in [-0.05, 0) is 12.8 Å². The summed E-state index contributed by atoms with van der Waals surface area (Å²) in [5, 5.41) is 2.98. The van der Waals surface area contributed by atoms with Crippen molar-refractivity contribution in [2.24, 2.45) is 0 Å². The third-order valence-corrected chi connectivity index (χ3v) is 4.25. The maximum Gasteiger partial charge on any atom is 0.237 e. The molecule has 3 rings (SSSR count). The molecule has 96 valence electrons. The number of carbonyl (C=O) groups excluding carboxylic acids is 1. The Morgan fingerprint density at radius 1 is 1.12 bits per heavy atom. The molecule has 0 aliphatic carbocycles. The van der Waals surface area contributed by atoms with E-state index in [9.17, 15) is 4.79 Å². The molecule has 1 amide bonds. The number of hydrogen-bond donors (Lipinski definition) is 1. The lowest BCUT2D eigenvalue weighted by Crippen LogP contribution is -2.61. The first-order chi connectivity index (χ1) is 8.34. The Hall–Kier alpha value is -0.650. The van der Waals surface area contributed by atoms with E-state index < -0.39 is 0 Å². The number of amides is 1. The number of fused-ring (bicyclic) bond motifs is 1. The van der Waals surface area contributed by atoms with Gasteiger partial charge in [0.25, 0.3) is 0 Å². The molecule has 5 heteroatoms. The van der Waals surface area contributed by atoms with Crippen molar-refractivity contribution in [2.45, 2.75) is 24.9 Å². The first-order valence-electron chi connectivity index (χ1n) is 6.68. The number of hydrogen-bond acceptors (Lipinski definition) is 4. The lowest BCUT2D eigenvalue weighted by Gasteiger charge is -2.45. The van der Waals surface area contributed by atoms with Crippen molar-refractivity contribution in [1.29, 1.82) is 0 Å². The third-order valence-electron chi connectivity index (χ3n) is 4.25. The second-order valence-electron chi connectivity index (χ2n) is 5.17. The second-order valence-corrected chi connectivity index (χ2v) is 5.17. The van der Waals surface area contributed by atoms with E-state index in [1.165, 1.54) is 6.42 Å². The van der Waals surface area contributed by atoms with Gasteiger partial charge >= 0.3 is 0 Å². The molecule has 3 heterocycles. The molecule has 0 aromatic carbocycles. The highest BCUT2D eigenvalue weighted by molar-refractivity contribution is 5.82. The van der Waals surface area contributed by atoms with Crippen LogP contribution in [0.5, 0.6) is 0 Å². The fraction of sp³-hybridized carbons (Fsp3) is 0.917. The van der Waals surface area contributed by atoms with Gasteiger partial charge in [-0.1, -0.05) is 0 Å². The van der Waals surface area contributed by atoms with Crippen LogP contribution < -0.4 is 5.32 Å². The Bertz CT molecular complexity index is 291. The number of piperidine rings is 1. The molecule has 2 unspecified atom stereocenters. The van der Waals surface area contributed by atoms with Crippen molar-refractivity contribution in [3.63, 3.8) is 0 Å². The fourth-order valence-electron chi connectivity index (χ4n) is 3.25. The number of carbonyl (C=O) groups is 1. The van der Waals surface area contributed by atoms with Crippen molar-refractivity contribution in [2.75, 3.05) is 45.9 Å². The monoisotopic (exact) mass is 239 g/mol. The van der Waals surface area contributed by atoms with E-state index in [1.54, 1.807) is 0 Å². The molecule has 3 aliphatic rings. The van der Waals surface area contributed by atoms with Gasteiger partial charge in [-0.25, -0.2) is 0 Å². The Morgan fingerprint density at radius 2 is 1.94 bits per heavy atom. The molecular formula is C12H21N3O2. The fourth-order valence-corrected chi connectivity index (χ4v) is 3.25. The lowest BCUT2D eigenvalue weighted by molar-refractivity contribution is -0.132. The largest absolute Gasteiger partial charge is 0.379 e. The minimum absolute atomic E-state index is 0.116. The molecule has 0 aromatic rings. The summed E-state index contributed by atoms with van der Waals surface area (Å²) in [4.78, 5) is 16.7. The van der Waals surface area contributed by atoms with Gasteiger partial charge in [-0.3, -0.25) is 14.6 Å². The van der Waals surface area contributed by atoms with Crippen molar-refractivity contribution in [1.82, 2.24) is 15.1 Å². The normalized spacial score (nSPS) is 36.4. The summed E-state index contributed by atoms with van der Waals surface area (Å²) < 4.78 is 5.39. The van der Waals surface area contributed by atoms with Gasteiger partial charge < -0.3 is 10.1 Å². The number of ether oxygens (including phenoxy) is 1. The summed E-state index contributed by atoms with van der Waals surface area (Å²) in [5.74, 6) is 0.231. The first-order valence-corrected chi connectivity index (χ1v) is 6.68. The standard InChI is InChI=1S/C12H21N3O2/c16-12-11-9-10(14-5-7-17-8-6-14)1-3-15(11)4-2-13-12/h10-11H,1-9H2,(H,13,16). The van der Waals surface area contributed by atoms with Crippen molar-refractivity contribution in [3.05, 3.63) is 0 Å². The zero-order valence-electron chi connectivity index (χ0n) is 10.2. The van der Waals surface area contributed by atoms with Crippen LogP contribution in [-0.4, -0.2) is 73.7 Å². The van der Waals surface area contributed by atoms with Gasteiger partial charge in [-0.2, -0.15) is 0 Å². The summed E-state index contributed by atoms with van der Waals surface area (Å²) in [7, 11) is 0. The number of morpholine rings is 1. The molecular weight excluding hydrogens is 218 g/mol. The topological polar surface area (TPSA) is 44.8 Å². The molecule has 3 aliphatic heterocycles. The van der Waals surface area contributed by atoms with Gasteiger partial charge in [0.1, 0.15) is 0 Å². The highest BCUT2D eigenvalue weighted by Gasteiger charge is 2.37. The van der Waals surface area contributed by atoms with E-state index in [4.69, 9.17) is 4.74 Å². The molecule has 5 nitrogen and oxygen atoms in total. The Kier molecular flexibility index (Phi) is 3.31. The molecule has 1 N–H and O–H groups in total. The van der Waals surface area contributed by atoms with Gasteiger partial charge in [0, 0.05) is 38.8 Å². The molecule has 3 saturated heterocycles. The zero-order valence-corrected chi connectivity index (χ0v) is 10.2. The predicted octanol–water partition coefficient (Wildman–Crippen LogP) is -0.719. The third kappa shape index (κ3) is 2.32. The highest BCUT2D eigenvalue weighted by atomic mass is 16.5. The van der Waals surface area contributed by atoms with E-state index >= 15 is 0 Å². The summed E-state index contributed by atoms with van der Waals surface area (Å²) in [5.41, 5.74) is 0. The predicted molar refractivity (Wildman–Crippen MR) is 63.8 cm³/mol. The number of rotatable bonds is 1. The Labute approximate surface area is 102 Å². The van der Waals surface area contributed by atoms with Gasteiger partial charge in [0.15, 0.2) is 0 Å². The van der Waals surface area contributed by atoms with E-state index in [0.717, 1.165) is 52.4 Å². The van der Waals surface area contributed by atoms with Crippen molar-refractivity contribution < 1.29 is 9.53 Å².